The van der Waals surface area contributed by atoms with Crippen molar-refractivity contribution in [3.63, 3.8) is 0 Å². The smallest absolute Gasteiger partial charge is 0.149 e. The number of carbonyl (C=O) groups excluding carboxylic acids is 1. The molecule has 2 aromatic rings. The zero-order valence-corrected chi connectivity index (χ0v) is 21.2. The van der Waals surface area contributed by atoms with Crippen LogP contribution in [-0.4, -0.2) is 61.0 Å². The Morgan fingerprint density at radius 3 is 2.60 bits per heavy atom. The lowest BCUT2D eigenvalue weighted by Crippen LogP contribution is -2.47. The normalized spacial score (nSPS) is 14.9. The summed E-state index contributed by atoms with van der Waals surface area (Å²) < 4.78 is 7.27. The first kappa shape index (κ1) is 25.8. The molecular weight excluding hydrogens is 438 g/mol. The van der Waals surface area contributed by atoms with E-state index in [0.29, 0.717) is 31.6 Å². The summed E-state index contributed by atoms with van der Waals surface area (Å²) in [5, 5.41) is 4.87. The summed E-state index contributed by atoms with van der Waals surface area (Å²) >= 11 is 0. The van der Waals surface area contributed by atoms with Crippen molar-refractivity contribution in [1.82, 2.24) is 14.7 Å². The van der Waals surface area contributed by atoms with Gasteiger partial charge in [0.15, 0.2) is 0 Å². The molecule has 1 aromatic carbocycles. The summed E-state index contributed by atoms with van der Waals surface area (Å²) in [6.07, 6.45) is 7.32. The topological polar surface area (TPSA) is 63.0 Å². The van der Waals surface area contributed by atoms with Crippen molar-refractivity contribution in [3.05, 3.63) is 83.5 Å². The van der Waals surface area contributed by atoms with Crippen LogP contribution >= 0.6 is 0 Å². The highest BCUT2D eigenvalue weighted by Gasteiger charge is 2.22. The van der Waals surface area contributed by atoms with E-state index in [1.807, 2.05) is 60.2 Å². The maximum absolute atomic E-state index is 11.8. The van der Waals surface area contributed by atoms with Gasteiger partial charge in [-0.3, -0.25) is 4.99 Å². The average molecular weight is 474 g/mol. The molecule has 0 saturated carbocycles. The van der Waals surface area contributed by atoms with E-state index in [0.717, 1.165) is 41.4 Å². The fraction of sp³-hybridized carbons (Fsp3) is 0.357. The van der Waals surface area contributed by atoms with Gasteiger partial charge < -0.3 is 14.5 Å². The van der Waals surface area contributed by atoms with Crippen LogP contribution in [-0.2, 0) is 11.2 Å². The lowest BCUT2D eigenvalue weighted by molar-refractivity contribution is 0.314. The predicted octanol–water partition coefficient (Wildman–Crippen LogP) is 3.89. The molecule has 3 rings (SSSR count). The Morgan fingerprint density at radius 2 is 1.94 bits per heavy atom. The molecule has 0 amide bonds. The lowest BCUT2D eigenvalue weighted by Gasteiger charge is -2.37. The minimum atomic E-state index is 0.498. The lowest BCUT2D eigenvalue weighted by atomic mass is 10.1. The quantitative estimate of drug-likeness (QED) is 0.409. The van der Waals surface area contributed by atoms with Crippen molar-refractivity contribution in [3.8, 4) is 5.75 Å². The van der Waals surface area contributed by atoms with Gasteiger partial charge in [-0.2, -0.15) is 0 Å². The van der Waals surface area contributed by atoms with E-state index in [-0.39, 0.29) is 0 Å². The van der Waals surface area contributed by atoms with Crippen LogP contribution in [0.3, 0.4) is 0 Å². The molecule has 0 aliphatic carbocycles. The van der Waals surface area contributed by atoms with Crippen LogP contribution in [0, 0.1) is 0 Å². The largest absolute Gasteiger partial charge is 0.496 e. The Balaban J connectivity index is 1.71. The van der Waals surface area contributed by atoms with Crippen LogP contribution < -0.4 is 15.1 Å². The predicted molar refractivity (Wildman–Crippen MR) is 142 cm³/mol. The number of piperazine rings is 1. The monoisotopic (exact) mass is 473 g/mol. The van der Waals surface area contributed by atoms with Crippen LogP contribution in [0.15, 0.2) is 77.5 Å². The van der Waals surface area contributed by atoms with Gasteiger partial charge in [0.2, 0.25) is 0 Å². The second-order valence-electron chi connectivity index (χ2n) is 8.48. The molecule has 2 heterocycles. The Kier molecular flexibility index (Phi) is 9.27. The fourth-order valence-electron chi connectivity index (χ4n) is 4.14. The molecule has 35 heavy (non-hydrogen) atoms. The van der Waals surface area contributed by atoms with E-state index in [1.165, 1.54) is 5.57 Å². The van der Waals surface area contributed by atoms with Crippen molar-refractivity contribution >= 4 is 17.5 Å². The maximum Gasteiger partial charge on any atom is 0.149 e. The molecule has 1 aliphatic heterocycles. The highest BCUT2D eigenvalue weighted by atomic mass is 16.5. The van der Waals surface area contributed by atoms with E-state index in [2.05, 4.69) is 40.3 Å². The van der Waals surface area contributed by atoms with Crippen LogP contribution in [0.1, 0.15) is 25.8 Å². The molecule has 0 radical (unpaired) electrons. The third-order valence-electron chi connectivity index (χ3n) is 6.04. The van der Waals surface area contributed by atoms with Crippen molar-refractivity contribution in [2.45, 2.75) is 26.7 Å². The van der Waals surface area contributed by atoms with Gasteiger partial charge in [-0.15, -0.1) is 5.10 Å². The zero-order chi connectivity index (χ0) is 25.2. The Bertz CT molecular complexity index is 1210. The van der Waals surface area contributed by atoms with Gasteiger partial charge in [0, 0.05) is 57.3 Å². The minimum absolute atomic E-state index is 0.498. The number of hydrogen-bond acceptors (Lipinski definition) is 6. The van der Waals surface area contributed by atoms with E-state index in [4.69, 9.17) is 9.84 Å². The van der Waals surface area contributed by atoms with Crippen LogP contribution in [0.2, 0.25) is 0 Å². The number of allylic oxidation sites excluding steroid dienone is 6. The molecule has 0 bridgehead atoms. The van der Waals surface area contributed by atoms with Crippen LogP contribution in [0.5, 0.6) is 5.75 Å². The van der Waals surface area contributed by atoms with E-state index in [1.54, 1.807) is 14.2 Å². The SMILES string of the molecule is C=C(C/C(C)=C/C=C\C)n1nc(N2CCN(C(=C=O)Cc3ccccc3OC)CC2)cc/c1=N/C. The zero-order valence-electron chi connectivity index (χ0n) is 21.2. The summed E-state index contributed by atoms with van der Waals surface area (Å²) in [5.74, 6) is 3.82. The summed E-state index contributed by atoms with van der Waals surface area (Å²) in [4.78, 5) is 20.5. The van der Waals surface area contributed by atoms with Gasteiger partial charge >= 0.3 is 0 Å². The fourth-order valence-corrected chi connectivity index (χ4v) is 4.14. The average Bonchev–Trinajstić information content (AvgIpc) is 2.90. The number of nitrogens with zero attached hydrogens (tertiary/aromatic N) is 5. The third kappa shape index (κ3) is 6.61. The summed E-state index contributed by atoms with van der Waals surface area (Å²) in [5.41, 5.74) is 4.46. The molecule has 7 nitrogen and oxygen atoms in total. The Hall–Kier alpha value is -3.83. The number of hydrogen-bond donors (Lipinski definition) is 0. The molecule has 7 heteroatoms. The van der Waals surface area contributed by atoms with Crippen molar-refractivity contribution in [2.24, 2.45) is 4.99 Å². The number of para-hydroxylation sites is 1. The first-order valence-corrected chi connectivity index (χ1v) is 11.9. The van der Waals surface area contributed by atoms with Crippen LogP contribution in [0.4, 0.5) is 5.82 Å². The summed E-state index contributed by atoms with van der Waals surface area (Å²) in [7, 11) is 3.41. The molecular formula is C28H35N5O2. The molecule has 184 valence electrons. The summed E-state index contributed by atoms with van der Waals surface area (Å²) in [6, 6.07) is 11.7. The van der Waals surface area contributed by atoms with Crippen molar-refractivity contribution < 1.29 is 9.53 Å². The van der Waals surface area contributed by atoms with Crippen molar-refractivity contribution in [1.29, 1.82) is 0 Å². The molecule has 0 N–H and O–H groups in total. The minimum Gasteiger partial charge on any atom is -0.496 e. The van der Waals surface area contributed by atoms with Gasteiger partial charge in [0.25, 0.3) is 0 Å². The highest BCUT2D eigenvalue weighted by molar-refractivity contribution is 5.55. The van der Waals surface area contributed by atoms with Gasteiger partial charge in [-0.25, -0.2) is 9.48 Å². The standard InChI is InChI=1S/C28H35N5O2/c1-6-7-10-22(2)19-23(3)33-27(29-4)13-14-28(30-33)32-17-15-31(16-18-32)25(21-34)20-24-11-8-9-12-26(24)35-5/h6-14H,3,15-20H2,1-2,4-5H3/b7-6-,22-10+,29-27-. The third-order valence-corrected chi connectivity index (χ3v) is 6.04. The molecule has 0 unspecified atom stereocenters. The van der Waals surface area contributed by atoms with E-state index < -0.39 is 0 Å². The second-order valence-corrected chi connectivity index (χ2v) is 8.48. The maximum atomic E-state index is 11.8. The molecule has 1 saturated heterocycles. The number of rotatable bonds is 9. The molecule has 0 atom stereocenters. The molecule has 1 fully saturated rings. The second kappa shape index (κ2) is 12.6. The first-order valence-electron chi connectivity index (χ1n) is 11.9. The molecule has 0 spiro atoms. The summed E-state index contributed by atoms with van der Waals surface area (Å²) in [6.45, 7) is 11.3. The molecule has 1 aromatic heterocycles. The number of aromatic nitrogens is 2. The Labute approximate surface area is 208 Å². The highest BCUT2D eigenvalue weighted by Crippen LogP contribution is 2.23. The number of methoxy groups -OCH3 is 1. The van der Waals surface area contributed by atoms with Gasteiger partial charge in [0.1, 0.15) is 28.7 Å². The van der Waals surface area contributed by atoms with Gasteiger partial charge in [-0.1, -0.05) is 48.6 Å². The van der Waals surface area contributed by atoms with Crippen LogP contribution in [0.25, 0.3) is 5.70 Å². The number of benzene rings is 1. The van der Waals surface area contributed by atoms with Gasteiger partial charge in [-0.05, 0) is 32.0 Å². The van der Waals surface area contributed by atoms with Gasteiger partial charge in [0.05, 0.1) is 7.11 Å². The number of anilines is 1. The van der Waals surface area contributed by atoms with E-state index in [9.17, 15) is 4.79 Å². The first-order chi connectivity index (χ1) is 17.0. The van der Waals surface area contributed by atoms with Crippen molar-refractivity contribution in [2.75, 3.05) is 45.2 Å². The molecule has 1 aliphatic rings. The van der Waals surface area contributed by atoms with E-state index >= 15 is 0 Å². The Morgan fingerprint density at radius 1 is 1.20 bits per heavy atom. The number of ether oxygens (including phenoxy) is 1.